The molecule has 0 saturated carbocycles. The highest BCUT2D eigenvalue weighted by Gasteiger charge is 2.37. The highest BCUT2D eigenvalue weighted by atomic mass is 16.4. The van der Waals surface area contributed by atoms with E-state index in [2.05, 4.69) is 15.7 Å². The molecule has 1 aliphatic rings. The summed E-state index contributed by atoms with van der Waals surface area (Å²) in [6.45, 7) is 0.463. The standard InChI is InChI=1S/C24H29N5O4/c25-28-15-19-10-8-18(9-11-19)14-27-23(32)21-7-4-12-29(21)24(33)20(26-16-22(30)31)13-17-5-2-1-3-6-17/h1-3,5-6,8-11,15,20-21,26H,4,7,12-14,16,25H2,(H,27,32)(H,30,31)/t20?,21-/m0/s1. The molecule has 174 valence electrons. The maximum Gasteiger partial charge on any atom is 0.317 e. The summed E-state index contributed by atoms with van der Waals surface area (Å²) in [6.07, 6.45) is 3.17. The molecular weight excluding hydrogens is 422 g/mol. The normalized spacial score (nSPS) is 16.6. The summed E-state index contributed by atoms with van der Waals surface area (Å²) in [5.41, 5.74) is 2.69. The van der Waals surface area contributed by atoms with Crippen LogP contribution in [0, 0.1) is 0 Å². The molecule has 2 atom stereocenters. The Kier molecular flexibility index (Phi) is 8.54. The summed E-state index contributed by atoms with van der Waals surface area (Å²) >= 11 is 0. The smallest absolute Gasteiger partial charge is 0.317 e. The van der Waals surface area contributed by atoms with Crippen molar-refractivity contribution in [3.63, 3.8) is 0 Å². The van der Waals surface area contributed by atoms with Gasteiger partial charge in [0.25, 0.3) is 0 Å². The molecule has 9 heteroatoms. The zero-order valence-corrected chi connectivity index (χ0v) is 18.3. The van der Waals surface area contributed by atoms with Gasteiger partial charge in [-0.05, 0) is 36.0 Å². The van der Waals surface area contributed by atoms with Crippen molar-refractivity contribution >= 4 is 24.0 Å². The molecule has 2 amide bonds. The molecule has 0 aliphatic carbocycles. The second kappa shape index (κ2) is 11.8. The van der Waals surface area contributed by atoms with Crippen LogP contribution in [0.2, 0.25) is 0 Å². The van der Waals surface area contributed by atoms with Gasteiger partial charge in [-0.25, -0.2) is 0 Å². The lowest BCUT2D eigenvalue weighted by molar-refractivity contribution is -0.141. The Hall–Kier alpha value is -3.72. The Bertz CT molecular complexity index is 978. The molecule has 9 nitrogen and oxygen atoms in total. The molecule has 1 saturated heterocycles. The number of nitrogens with zero attached hydrogens (tertiary/aromatic N) is 2. The van der Waals surface area contributed by atoms with Gasteiger partial charge < -0.3 is 21.2 Å². The first kappa shape index (κ1) is 23.9. The fourth-order valence-corrected chi connectivity index (χ4v) is 3.92. The number of nitrogens with two attached hydrogens (primary N) is 1. The van der Waals surface area contributed by atoms with Crippen LogP contribution in [0.25, 0.3) is 0 Å². The molecule has 1 heterocycles. The number of benzene rings is 2. The summed E-state index contributed by atoms with van der Waals surface area (Å²) in [7, 11) is 0. The van der Waals surface area contributed by atoms with E-state index >= 15 is 0 Å². The van der Waals surface area contributed by atoms with Gasteiger partial charge in [-0.15, -0.1) is 0 Å². The molecule has 33 heavy (non-hydrogen) atoms. The van der Waals surface area contributed by atoms with Gasteiger partial charge in [-0.1, -0.05) is 54.6 Å². The molecule has 2 aromatic rings. The molecule has 1 unspecified atom stereocenters. The molecule has 3 rings (SSSR count). The van der Waals surface area contributed by atoms with Crippen molar-refractivity contribution in [2.45, 2.75) is 37.9 Å². The minimum absolute atomic E-state index is 0.217. The van der Waals surface area contributed by atoms with Gasteiger partial charge in [0.2, 0.25) is 11.8 Å². The number of amides is 2. The third kappa shape index (κ3) is 6.88. The first-order valence-corrected chi connectivity index (χ1v) is 10.9. The number of hydrazone groups is 1. The Morgan fingerprint density at radius 3 is 2.52 bits per heavy atom. The quantitative estimate of drug-likeness (QED) is 0.240. The van der Waals surface area contributed by atoms with Gasteiger partial charge in [0.1, 0.15) is 6.04 Å². The van der Waals surface area contributed by atoms with Crippen LogP contribution >= 0.6 is 0 Å². The van der Waals surface area contributed by atoms with Gasteiger partial charge in [0, 0.05) is 13.1 Å². The van der Waals surface area contributed by atoms with Gasteiger partial charge in [0.05, 0.1) is 18.8 Å². The van der Waals surface area contributed by atoms with Crippen LogP contribution in [-0.4, -0.2) is 59.2 Å². The first-order chi connectivity index (χ1) is 16.0. The molecule has 1 fully saturated rings. The van der Waals surface area contributed by atoms with E-state index in [9.17, 15) is 14.4 Å². The maximum atomic E-state index is 13.3. The SMILES string of the molecule is NN=Cc1ccc(CNC(=O)[C@@H]2CCCN2C(=O)C(Cc2ccccc2)NCC(=O)O)cc1. The number of aliphatic carboxylic acids is 1. The average molecular weight is 452 g/mol. The average Bonchev–Trinajstić information content (AvgIpc) is 3.31. The van der Waals surface area contributed by atoms with Gasteiger partial charge in [-0.3, -0.25) is 19.7 Å². The number of nitrogens with one attached hydrogen (secondary N) is 2. The molecule has 5 N–H and O–H groups in total. The summed E-state index contributed by atoms with van der Waals surface area (Å²) in [4.78, 5) is 38.9. The number of carboxylic acid groups (broad SMARTS) is 1. The van der Waals surface area contributed by atoms with Crippen LogP contribution in [0.5, 0.6) is 0 Å². The van der Waals surface area contributed by atoms with Crippen LogP contribution in [-0.2, 0) is 27.3 Å². The van der Waals surface area contributed by atoms with Crippen molar-refractivity contribution < 1.29 is 19.5 Å². The largest absolute Gasteiger partial charge is 0.480 e. The maximum absolute atomic E-state index is 13.3. The van der Waals surface area contributed by atoms with E-state index in [1.54, 1.807) is 4.90 Å². The van der Waals surface area contributed by atoms with E-state index in [4.69, 9.17) is 10.9 Å². The van der Waals surface area contributed by atoms with Crippen molar-refractivity contribution in [1.29, 1.82) is 0 Å². The Morgan fingerprint density at radius 1 is 1.12 bits per heavy atom. The Morgan fingerprint density at radius 2 is 1.85 bits per heavy atom. The molecule has 0 spiro atoms. The van der Waals surface area contributed by atoms with Crippen LogP contribution in [0.1, 0.15) is 29.5 Å². The lowest BCUT2D eigenvalue weighted by atomic mass is 10.0. The lowest BCUT2D eigenvalue weighted by Gasteiger charge is -2.28. The fraction of sp³-hybridized carbons (Fsp3) is 0.333. The van der Waals surface area contributed by atoms with Gasteiger partial charge >= 0.3 is 5.97 Å². The lowest BCUT2D eigenvalue weighted by Crippen LogP contribution is -2.53. The van der Waals surface area contributed by atoms with E-state index in [0.717, 1.165) is 16.7 Å². The predicted molar refractivity (Wildman–Crippen MR) is 124 cm³/mol. The Balaban J connectivity index is 1.64. The summed E-state index contributed by atoms with van der Waals surface area (Å²) in [5.74, 6) is 3.63. The molecule has 0 bridgehead atoms. The third-order valence-electron chi connectivity index (χ3n) is 5.59. The number of hydrogen-bond donors (Lipinski definition) is 4. The number of carbonyl (C=O) groups is 3. The van der Waals surface area contributed by atoms with Crippen molar-refractivity contribution in [1.82, 2.24) is 15.5 Å². The van der Waals surface area contributed by atoms with E-state index < -0.39 is 18.1 Å². The van der Waals surface area contributed by atoms with Crippen molar-refractivity contribution in [2.75, 3.05) is 13.1 Å². The molecular formula is C24H29N5O4. The van der Waals surface area contributed by atoms with Gasteiger partial charge in [-0.2, -0.15) is 5.10 Å². The van der Waals surface area contributed by atoms with E-state index in [0.29, 0.717) is 32.4 Å². The predicted octanol–water partition coefficient (Wildman–Crippen LogP) is 0.872. The van der Waals surface area contributed by atoms with Crippen LogP contribution in [0.15, 0.2) is 59.7 Å². The molecule has 0 aromatic heterocycles. The number of carbonyl (C=O) groups excluding carboxylic acids is 2. The van der Waals surface area contributed by atoms with E-state index in [-0.39, 0.29) is 18.4 Å². The highest BCUT2D eigenvalue weighted by molar-refractivity contribution is 5.90. The van der Waals surface area contributed by atoms with Crippen LogP contribution in [0.3, 0.4) is 0 Å². The number of rotatable bonds is 10. The monoisotopic (exact) mass is 451 g/mol. The second-order valence-electron chi connectivity index (χ2n) is 7.94. The van der Waals surface area contributed by atoms with E-state index in [1.165, 1.54) is 6.21 Å². The first-order valence-electron chi connectivity index (χ1n) is 10.9. The molecule has 2 aromatic carbocycles. The molecule has 0 radical (unpaired) electrons. The topological polar surface area (TPSA) is 137 Å². The summed E-state index contributed by atoms with van der Waals surface area (Å²) in [5, 5.41) is 18.3. The number of carboxylic acids is 1. The number of hydrogen-bond acceptors (Lipinski definition) is 6. The minimum atomic E-state index is -1.04. The second-order valence-corrected chi connectivity index (χ2v) is 7.94. The number of likely N-dealkylation sites (tertiary alicyclic amines) is 1. The van der Waals surface area contributed by atoms with Crippen LogP contribution < -0.4 is 16.5 Å². The van der Waals surface area contributed by atoms with Gasteiger partial charge in [0.15, 0.2) is 0 Å². The highest BCUT2D eigenvalue weighted by Crippen LogP contribution is 2.20. The third-order valence-corrected chi connectivity index (χ3v) is 5.59. The van der Waals surface area contributed by atoms with Crippen molar-refractivity contribution in [3.8, 4) is 0 Å². The van der Waals surface area contributed by atoms with Crippen molar-refractivity contribution in [3.05, 3.63) is 71.3 Å². The van der Waals surface area contributed by atoms with E-state index in [1.807, 2.05) is 54.6 Å². The Labute approximate surface area is 192 Å². The zero-order valence-electron chi connectivity index (χ0n) is 18.3. The van der Waals surface area contributed by atoms with Crippen molar-refractivity contribution in [2.24, 2.45) is 10.9 Å². The summed E-state index contributed by atoms with van der Waals surface area (Å²) in [6, 6.07) is 15.6. The molecule has 1 aliphatic heterocycles. The minimum Gasteiger partial charge on any atom is -0.480 e. The van der Waals surface area contributed by atoms with Crippen LogP contribution in [0.4, 0.5) is 0 Å². The zero-order chi connectivity index (χ0) is 23.6. The fourth-order valence-electron chi connectivity index (χ4n) is 3.92. The summed E-state index contributed by atoms with van der Waals surface area (Å²) < 4.78 is 0.